The Kier molecular flexibility index (Phi) is 4.21. The lowest BCUT2D eigenvalue weighted by atomic mass is 10.0. The summed E-state index contributed by atoms with van der Waals surface area (Å²) in [6, 6.07) is 11.7. The predicted octanol–water partition coefficient (Wildman–Crippen LogP) is 2.92. The van der Waals surface area contributed by atoms with Crippen molar-refractivity contribution in [1.29, 1.82) is 0 Å². The summed E-state index contributed by atoms with van der Waals surface area (Å²) >= 11 is 0. The first-order valence-electron chi connectivity index (χ1n) is 7.32. The van der Waals surface area contributed by atoms with Crippen LogP contribution in [0.1, 0.15) is 18.6 Å². The van der Waals surface area contributed by atoms with Gasteiger partial charge in [-0.1, -0.05) is 24.3 Å². The molecule has 124 valence electrons. The van der Waals surface area contributed by atoms with Gasteiger partial charge in [-0.25, -0.2) is 9.97 Å². The van der Waals surface area contributed by atoms with E-state index in [2.05, 4.69) is 9.97 Å². The van der Waals surface area contributed by atoms with Crippen molar-refractivity contribution < 1.29 is 12.6 Å². The first-order chi connectivity index (χ1) is 11.3. The number of benzene rings is 2. The minimum Gasteiger partial charge on any atom is -0.368 e. The summed E-state index contributed by atoms with van der Waals surface area (Å²) in [5.41, 5.74) is 8.17. The Hall–Kier alpha value is -2.51. The van der Waals surface area contributed by atoms with E-state index in [1.54, 1.807) is 19.3 Å². The molecule has 0 radical (unpaired) electrons. The second-order valence-electron chi connectivity index (χ2n) is 5.59. The van der Waals surface area contributed by atoms with E-state index < -0.39 is 16.2 Å². The molecule has 6 nitrogen and oxygen atoms in total. The zero-order valence-corrected chi connectivity index (χ0v) is 14.1. The Balaban J connectivity index is 1.95. The van der Waals surface area contributed by atoms with E-state index >= 15 is 0 Å². The Morgan fingerprint density at radius 3 is 2.29 bits per heavy atom. The van der Waals surface area contributed by atoms with Gasteiger partial charge in [0, 0.05) is 18.0 Å². The minimum absolute atomic E-state index is 0.240. The molecule has 2 N–H and O–H groups in total. The molecule has 0 aliphatic carbocycles. The molecule has 0 aliphatic heterocycles. The second-order valence-corrected chi connectivity index (χ2v) is 7.19. The topological polar surface area (TPSA) is 95.2 Å². The predicted molar refractivity (Wildman–Crippen MR) is 93.7 cm³/mol. The Morgan fingerprint density at radius 1 is 1.00 bits per heavy atom. The summed E-state index contributed by atoms with van der Waals surface area (Å²) in [6.45, 7) is 1.71. The highest BCUT2D eigenvalue weighted by Gasteiger charge is 2.13. The van der Waals surface area contributed by atoms with Crippen LogP contribution >= 0.6 is 0 Å². The molecule has 7 heteroatoms. The van der Waals surface area contributed by atoms with Crippen molar-refractivity contribution in [3.05, 3.63) is 54.4 Å². The molecule has 0 fully saturated rings. The highest BCUT2D eigenvalue weighted by atomic mass is 32.2. The normalized spacial score (nSPS) is 13.1. The van der Waals surface area contributed by atoms with E-state index in [0.717, 1.165) is 33.7 Å². The number of aromatic nitrogens is 2. The zero-order chi connectivity index (χ0) is 17.3. The summed E-state index contributed by atoms with van der Waals surface area (Å²) in [4.78, 5) is 8.00. The molecule has 0 spiro atoms. The lowest BCUT2D eigenvalue weighted by molar-refractivity contribution is 0.237. The average Bonchev–Trinajstić information content (AvgIpc) is 2.53. The molecule has 0 saturated carbocycles. The molecule has 1 aromatic heterocycles. The summed E-state index contributed by atoms with van der Waals surface area (Å²) < 4.78 is 27.5. The average molecular weight is 343 g/mol. The molecule has 1 heterocycles. The van der Waals surface area contributed by atoms with Crippen molar-refractivity contribution in [2.75, 3.05) is 12.0 Å². The van der Waals surface area contributed by atoms with Crippen LogP contribution in [-0.2, 0) is 14.3 Å². The number of hydrogen-bond acceptors (Lipinski definition) is 6. The second kappa shape index (κ2) is 6.18. The summed E-state index contributed by atoms with van der Waals surface area (Å²) in [6.07, 6.45) is 3.88. The third-order valence-electron chi connectivity index (χ3n) is 3.66. The van der Waals surface area contributed by atoms with Gasteiger partial charge in [-0.3, -0.25) is 4.18 Å². The lowest BCUT2D eigenvalue weighted by Gasteiger charge is -2.12. The molecule has 0 saturated heterocycles. The molecule has 0 amide bonds. The van der Waals surface area contributed by atoms with Gasteiger partial charge in [0.05, 0.1) is 12.4 Å². The van der Waals surface area contributed by atoms with Crippen molar-refractivity contribution in [3.63, 3.8) is 0 Å². The number of rotatable bonds is 4. The van der Waals surface area contributed by atoms with Gasteiger partial charge in [0.2, 0.25) is 5.95 Å². The van der Waals surface area contributed by atoms with Crippen LogP contribution < -0.4 is 5.73 Å². The van der Waals surface area contributed by atoms with Crippen LogP contribution in [-0.4, -0.2) is 24.6 Å². The first-order valence-corrected chi connectivity index (χ1v) is 9.13. The van der Waals surface area contributed by atoms with E-state index in [0.29, 0.717) is 0 Å². The van der Waals surface area contributed by atoms with Gasteiger partial charge in [0.15, 0.2) is 0 Å². The van der Waals surface area contributed by atoms with Crippen LogP contribution in [0.4, 0.5) is 5.95 Å². The molecule has 3 rings (SSSR count). The summed E-state index contributed by atoms with van der Waals surface area (Å²) in [7, 11) is -3.50. The monoisotopic (exact) mass is 343 g/mol. The van der Waals surface area contributed by atoms with E-state index in [1.165, 1.54) is 0 Å². The molecule has 0 aliphatic rings. The number of nitrogen functional groups attached to an aromatic ring is 1. The zero-order valence-electron chi connectivity index (χ0n) is 13.3. The largest absolute Gasteiger partial charge is 0.368 e. The third kappa shape index (κ3) is 3.69. The molecule has 24 heavy (non-hydrogen) atoms. The van der Waals surface area contributed by atoms with Gasteiger partial charge >= 0.3 is 0 Å². The third-order valence-corrected chi connectivity index (χ3v) is 4.30. The maximum Gasteiger partial charge on any atom is 0.264 e. The highest BCUT2D eigenvalue weighted by molar-refractivity contribution is 7.86. The van der Waals surface area contributed by atoms with Crippen LogP contribution in [0.3, 0.4) is 0 Å². The minimum atomic E-state index is -3.50. The van der Waals surface area contributed by atoms with Crippen LogP contribution in [0.15, 0.2) is 48.8 Å². The Labute approximate surface area is 140 Å². The van der Waals surface area contributed by atoms with E-state index in [-0.39, 0.29) is 5.95 Å². The molecule has 2 aromatic carbocycles. The quantitative estimate of drug-likeness (QED) is 0.732. The maximum atomic E-state index is 11.3. The van der Waals surface area contributed by atoms with E-state index in [4.69, 9.17) is 9.92 Å². The molecular formula is C17H17N3O3S. The molecule has 0 bridgehead atoms. The first kappa shape index (κ1) is 16.4. The van der Waals surface area contributed by atoms with Crippen molar-refractivity contribution in [3.8, 4) is 11.1 Å². The molecular weight excluding hydrogens is 326 g/mol. The number of nitrogens with zero attached hydrogens (tertiary/aromatic N) is 2. The van der Waals surface area contributed by atoms with Crippen LogP contribution in [0, 0.1) is 0 Å². The molecule has 1 atom stereocenters. The fourth-order valence-electron chi connectivity index (χ4n) is 2.50. The fraction of sp³-hybridized carbons (Fsp3) is 0.176. The van der Waals surface area contributed by atoms with E-state index in [9.17, 15) is 8.42 Å². The standard InChI is InChI=1S/C17H17N3O3S/c1-11(23-24(2,21)22)12-3-4-14-8-15(6-5-13(14)7-12)16-9-19-17(18)20-10-16/h3-11H,1-2H3,(H2,18,19,20). The fourth-order valence-corrected chi connectivity index (χ4v) is 3.14. The van der Waals surface area contributed by atoms with Gasteiger partial charge in [-0.15, -0.1) is 0 Å². The van der Waals surface area contributed by atoms with E-state index in [1.807, 2.05) is 36.4 Å². The smallest absolute Gasteiger partial charge is 0.264 e. The van der Waals surface area contributed by atoms with Gasteiger partial charge in [-0.05, 0) is 41.0 Å². The van der Waals surface area contributed by atoms with Gasteiger partial charge in [0.25, 0.3) is 10.1 Å². The van der Waals surface area contributed by atoms with Gasteiger partial charge in [-0.2, -0.15) is 8.42 Å². The molecule has 3 aromatic rings. The summed E-state index contributed by atoms with van der Waals surface area (Å²) in [5, 5.41) is 2.02. The summed E-state index contributed by atoms with van der Waals surface area (Å²) in [5.74, 6) is 0.240. The van der Waals surface area contributed by atoms with Crippen LogP contribution in [0.25, 0.3) is 21.9 Å². The number of anilines is 1. The Morgan fingerprint density at radius 2 is 1.62 bits per heavy atom. The highest BCUT2D eigenvalue weighted by Crippen LogP contribution is 2.27. The van der Waals surface area contributed by atoms with Gasteiger partial charge < -0.3 is 5.73 Å². The van der Waals surface area contributed by atoms with Crippen molar-refractivity contribution in [2.45, 2.75) is 13.0 Å². The van der Waals surface area contributed by atoms with Gasteiger partial charge in [0.1, 0.15) is 0 Å². The Bertz CT molecular complexity index is 986. The van der Waals surface area contributed by atoms with Crippen molar-refractivity contribution in [2.24, 2.45) is 0 Å². The van der Waals surface area contributed by atoms with Crippen LogP contribution in [0.5, 0.6) is 0 Å². The van der Waals surface area contributed by atoms with Crippen molar-refractivity contribution in [1.82, 2.24) is 9.97 Å². The number of fused-ring (bicyclic) bond motifs is 1. The number of hydrogen-bond donors (Lipinski definition) is 1. The maximum absolute atomic E-state index is 11.3. The SMILES string of the molecule is CC(OS(C)(=O)=O)c1ccc2cc(-c3cnc(N)nc3)ccc2c1. The molecule has 1 unspecified atom stereocenters. The van der Waals surface area contributed by atoms with Crippen molar-refractivity contribution >= 4 is 26.8 Å². The lowest BCUT2D eigenvalue weighted by Crippen LogP contribution is -2.07. The number of nitrogens with two attached hydrogens (primary N) is 1. The van der Waals surface area contributed by atoms with Crippen LogP contribution in [0.2, 0.25) is 0 Å².